The predicted molar refractivity (Wildman–Crippen MR) is 112 cm³/mol. The first-order valence-corrected chi connectivity index (χ1v) is 9.43. The highest BCUT2D eigenvalue weighted by atomic mass is 16.5. The Morgan fingerprint density at radius 3 is 2.70 bits per heavy atom. The summed E-state index contributed by atoms with van der Waals surface area (Å²) in [7, 11) is 1.57. The van der Waals surface area contributed by atoms with Crippen molar-refractivity contribution in [3.63, 3.8) is 0 Å². The minimum absolute atomic E-state index is 0.0837. The molecule has 0 saturated heterocycles. The number of carbonyl (C=O) groups excluding carboxylic acids is 1. The van der Waals surface area contributed by atoms with Crippen LogP contribution in [0.15, 0.2) is 59.7 Å². The number of benzene rings is 2. The van der Waals surface area contributed by atoms with Crippen molar-refractivity contribution in [2.45, 2.75) is 19.9 Å². The van der Waals surface area contributed by atoms with Crippen LogP contribution in [0.3, 0.4) is 0 Å². The van der Waals surface area contributed by atoms with Crippen LogP contribution >= 0.6 is 0 Å². The molecular formula is C21H20N6O3. The summed E-state index contributed by atoms with van der Waals surface area (Å²) >= 11 is 0. The Morgan fingerprint density at radius 1 is 1.17 bits per heavy atom. The molecule has 9 heteroatoms. The van der Waals surface area contributed by atoms with Gasteiger partial charge < -0.3 is 10.1 Å². The van der Waals surface area contributed by atoms with Crippen molar-refractivity contribution >= 4 is 22.8 Å². The van der Waals surface area contributed by atoms with Crippen LogP contribution in [-0.4, -0.2) is 37.6 Å². The van der Waals surface area contributed by atoms with E-state index in [2.05, 4.69) is 27.5 Å². The maximum absolute atomic E-state index is 12.8. The number of nitrogens with one attached hydrogen (secondary N) is 1. The number of carbonyl (C=O) groups is 1. The number of hydrogen-bond donors (Lipinski definition) is 1. The van der Waals surface area contributed by atoms with Gasteiger partial charge in [-0.25, -0.2) is 4.98 Å². The molecule has 0 atom stereocenters. The molecule has 0 fully saturated rings. The third-order valence-corrected chi connectivity index (χ3v) is 4.69. The van der Waals surface area contributed by atoms with Crippen molar-refractivity contribution in [1.29, 1.82) is 0 Å². The van der Waals surface area contributed by atoms with Gasteiger partial charge in [-0.1, -0.05) is 30.3 Å². The Labute approximate surface area is 171 Å². The lowest BCUT2D eigenvalue weighted by Gasteiger charge is -2.08. The first kappa shape index (κ1) is 19.3. The normalized spacial score (nSPS) is 10.9. The van der Waals surface area contributed by atoms with Gasteiger partial charge in [-0.05, 0) is 36.2 Å². The van der Waals surface area contributed by atoms with Crippen molar-refractivity contribution in [2.24, 2.45) is 0 Å². The maximum Gasteiger partial charge on any atom is 0.284 e. The molecule has 1 N–H and O–H groups in total. The molecule has 2 aromatic carbocycles. The topological polar surface area (TPSA) is 104 Å². The van der Waals surface area contributed by atoms with Gasteiger partial charge in [-0.3, -0.25) is 14.2 Å². The van der Waals surface area contributed by atoms with E-state index in [0.29, 0.717) is 22.8 Å². The second kappa shape index (κ2) is 8.16. The van der Waals surface area contributed by atoms with Gasteiger partial charge >= 0.3 is 0 Å². The summed E-state index contributed by atoms with van der Waals surface area (Å²) in [6, 6.07) is 14.7. The van der Waals surface area contributed by atoms with Crippen molar-refractivity contribution in [2.75, 3.05) is 12.4 Å². The van der Waals surface area contributed by atoms with Crippen LogP contribution in [-0.2, 0) is 17.8 Å². The largest absolute Gasteiger partial charge is 0.497 e. The van der Waals surface area contributed by atoms with E-state index < -0.39 is 5.56 Å². The zero-order valence-electron chi connectivity index (χ0n) is 16.6. The summed E-state index contributed by atoms with van der Waals surface area (Å²) < 4.78 is 7.89. The van der Waals surface area contributed by atoms with E-state index >= 15 is 0 Å². The Balaban J connectivity index is 1.57. The molecule has 0 bridgehead atoms. The Hall–Kier alpha value is -4.01. The molecule has 2 heterocycles. The molecule has 152 valence electrons. The first-order valence-electron chi connectivity index (χ1n) is 9.43. The lowest BCUT2D eigenvalue weighted by molar-refractivity contribution is -0.116. The highest BCUT2D eigenvalue weighted by molar-refractivity contribution is 5.90. The van der Waals surface area contributed by atoms with Crippen LogP contribution in [0.2, 0.25) is 0 Å². The van der Waals surface area contributed by atoms with Gasteiger partial charge in [-0.15, -0.1) is 5.10 Å². The van der Waals surface area contributed by atoms with Gasteiger partial charge in [0.1, 0.15) is 18.6 Å². The molecule has 1 amide bonds. The molecule has 0 saturated carbocycles. The average molecular weight is 404 g/mol. The summed E-state index contributed by atoms with van der Waals surface area (Å²) in [5.41, 5.74) is 2.46. The van der Waals surface area contributed by atoms with Gasteiger partial charge in [0.25, 0.3) is 5.56 Å². The molecule has 0 unspecified atom stereocenters. The van der Waals surface area contributed by atoms with E-state index in [9.17, 15) is 9.59 Å². The third-order valence-electron chi connectivity index (χ3n) is 4.69. The highest BCUT2D eigenvalue weighted by Crippen LogP contribution is 2.18. The number of rotatable bonds is 6. The molecule has 0 aliphatic rings. The number of methoxy groups -OCH3 is 1. The summed E-state index contributed by atoms with van der Waals surface area (Å²) in [5, 5.41) is 10.8. The van der Waals surface area contributed by atoms with Gasteiger partial charge in [0, 0.05) is 11.8 Å². The molecule has 0 radical (unpaired) electrons. The average Bonchev–Trinajstić information content (AvgIpc) is 3.21. The second-order valence-corrected chi connectivity index (χ2v) is 6.65. The zero-order valence-corrected chi connectivity index (χ0v) is 16.6. The van der Waals surface area contributed by atoms with Crippen LogP contribution in [0.5, 0.6) is 5.75 Å². The lowest BCUT2D eigenvalue weighted by Crippen LogP contribution is -2.28. The van der Waals surface area contributed by atoms with Crippen molar-refractivity contribution in [3.05, 3.63) is 70.8 Å². The third kappa shape index (κ3) is 3.77. The van der Waals surface area contributed by atoms with Crippen LogP contribution in [0.25, 0.3) is 16.9 Å². The molecule has 4 aromatic rings. The maximum atomic E-state index is 12.8. The fourth-order valence-electron chi connectivity index (χ4n) is 3.05. The number of aromatic nitrogens is 5. The summed E-state index contributed by atoms with van der Waals surface area (Å²) in [5.74, 6) is 0.316. The molecular weight excluding hydrogens is 384 g/mol. The van der Waals surface area contributed by atoms with Crippen molar-refractivity contribution in [3.8, 4) is 11.4 Å². The van der Waals surface area contributed by atoms with E-state index in [1.54, 1.807) is 31.4 Å². The number of ether oxygens (including phenoxy) is 1. The van der Waals surface area contributed by atoms with E-state index in [-0.39, 0.29) is 18.0 Å². The Kier molecular flexibility index (Phi) is 5.25. The smallest absolute Gasteiger partial charge is 0.284 e. The number of fused-ring (bicyclic) bond motifs is 1. The molecule has 4 rings (SSSR count). The second-order valence-electron chi connectivity index (χ2n) is 6.65. The Bertz CT molecular complexity index is 1260. The predicted octanol–water partition coefficient (Wildman–Crippen LogP) is 2.19. The van der Waals surface area contributed by atoms with Crippen LogP contribution in [0.1, 0.15) is 12.5 Å². The zero-order chi connectivity index (χ0) is 21.1. The van der Waals surface area contributed by atoms with Crippen LogP contribution in [0.4, 0.5) is 5.69 Å². The van der Waals surface area contributed by atoms with Gasteiger partial charge in [-0.2, -0.15) is 4.68 Å². The van der Waals surface area contributed by atoms with E-state index in [1.165, 1.54) is 21.1 Å². The Morgan fingerprint density at radius 2 is 1.97 bits per heavy atom. The number of anilines is 1. The molecule has 0 aliphatic heterocycles. The monoisotopic (exact) mass is 404 g/mol. The van der Waals surface area contributed by atoms with Gasteiger partial charge in [0.05, 0.1) is 12.8 Å². The minimum Gasteiger partial charge on any atom is -0.497 e. The van der Waals surface area contributed by atoms with Gasteiger partial charge in [0.15, 0.2) is 11.2 Å². The molecule has 30 heavy (non-hydrogen) atoms. The van der Waals surface area contributed by atoms with Crippen molar-refractivity contribution < 1.29 is 9.53 Å². The van der Waals surface area contributed by atoms with Crippen LogP contribution in [0, 0.1) is 0 Å². The number of amides is 1. The number of hydrogen-bond acceptors (Lipinski definition) is 6. The van der Waals surface area contributed by atoms with Gasteiger partial charge in [0.2, 0.25) is 5.91 Å². The summed E-state index contributed by atoms with van der Waals surface area (Å²) in [6.07, 6.45) is 2.25. The lowest BCUT2D eigenvalue weighted by atomic mass is 10.1. The number of nitrogens with zero attached hydrogens (tertiary/aromatic N) is 5. The standard InChI is InChI=1S/C21H20N6O3/c1-3-14-7-9-15(10-8-14)23-18(28)12-26-13-22-20-19(21(26)29)24-25-27(20)16-5-4-6-17(11-16)30-2/h4-11,13H,3,12H2,1-2H3,(H,23,28). The minimum atomic E-state index is -0.439. The van der Waals surface area contributed by atoms with E-state index in [4.69, 9.17) is 4.74 Å². The first-order chi connectivity index (χ1) is 14.6. The quantitative estimate of drug-likeness (QED) is 0.528. The SMILES string of the molecule is CCc1ccc(NC(=O)Cn2cnc3c(nnn3-c3cccc(OC)c3)c2=O)cc1. The van der Waals surface area contributed by atoms with Crippen LogP contribution < -0.4 is 15.6 Å². The summed E-state index contributed by atoms with van der Waals surface area (Å²) in [6.45, 7) is 1.89. The molecule has 0 aliphatic carbocycles. The van der Waals surface area contributed by atoms with E-state index in [0.717, 1.165) is 6.42 Å². The molecule has 0 spiro atoms. The molecule has 2 aromatic heterocycles. The fraction of sp³-hybridized carbons (Fsp3) is 0.190. The van der Waals surface area contributed by atoms with E-state index in [1.807, 2.05) is 24.3 Å². The van der Waals surface area contributed by atoms with Crippen molar-refractivity contribution in [1.82, 2.24) is 24.5 Å². The summed E-state index contributed by atoms with van der Waals surface area (Å²) in [4.78, 5) is 29.4. The highest BCUT2D eigenvalue weighted by Gasteiger charge is 2.15. The number of aryl methyl sites for hydroxylation is 1. The molecule has 9 nitrogen and oxygen atoms in total. The fourth-order valence-corrected chi connectivity index (χ4v) is 3.05.